The summed E-state index contributed by atoms with van der Waals surface area (Å²) < 4.78 is 6.60. The minimum absolute atomic E-state index is 0.191. The molecule has 1 atom stereocenters. The molecular formula is C41H29NO. The van der Waals surface area contributed by atoms with Crippen LogP contribution < -0.4 is 10.1 Å². The molecule has 0 aromatic heterocycles. The van der Waals surface area contributed by atoms with Crippen molar-refractivity contribution in [2.24, 2.45) is 0 Å². The van der Waals surface area contributed by atoms with Crippen LogP contribution in [0.25, 0.3) is 60.6 Å². The maximum atomic E-state index is 6.60. The first-order chi connectivity index (χ1) is 21.3. The highest BCUT2D eigenvalue weighted by Crippen LogP contribution is 2.48. The van der Waals surface area contributed by atoms with Crippen molar-refractivity contribution < 1.29 is 4.74 Å². The fourth-order valence-corrected chi connectivity index (χ4v) is 7.21. The standard InChI is InChI=1S/C41H29NO/c1-3-11-26(12-4-1)37-32-15-7-9-17-34(32)38(35-18-10-8-16-33(35)37)30-21-23-31-29(25-30)20-19-27-22-24-36-40(39(27)31)43-41(42-36)28-13-5-2-6-14-28/h1-7,9-15,17-25,41-42H,8,16H2. The smallest absolute Gasteiger partial charge is 0.196 e. The monoisotopic (exact) mass is 551 g/mol. The minimum atomic E-state index is -0.191. The second-order valence-electron chi connectivity index (χ2n) is 11.6. The fraction of sp³-hybridized carbons (Fsp3) is 0.0732. The highest BCUT2D eigenvalue weighted by atomic mass is 16.5. The van der Waals surface area contributed by atoms with E-state index in [-0.39, 0.29) is 6.23 Å². The molecule has 7 aromatic rings. The molecule has 0 spiro atoms. The summed E-state index contributed by atoms with van der Waals surface area (Å²) in [6.07, 6.45) is 6.61. The van der Waals surface area contributed by atoms with Gasteiger partial charge in [-0.25, -0.2) is 0 Å². The predicted molar refractivity (Wildman–Crippen MR) is 181 cm³/mol. The van der Waals surface area contributed by atoms with Crippen LogP contribution in [0.3, 0.4) is 0 Å². The largest absolute Gasteiger partial charge is 0.464 e. The number of rotatable bonds is 3. The van der Waals surface area contributed by atoms with Gasteiger partial charge in [0.2, 0.25) is 0 Å². The first-order valence-corrected chi connectivity index (χ1v) is 15.1. The van der Waals surface area contributed by atoms with E-state index in [0.717, 1.165) is 29.8 Å². The van der Waals surface area contributed by atoms with E-state index >= 15 is 0 Å². The molecule has 43 heavy (non-hydrogen) atoms. The summed E-state index contributed by atoms with van der Waals surface area (Å²) in [5, 5.41) is 11.0. The van der Waals surface area contributed by atoms with Crippen LogP contribution >= 0.6 is 0 Å². The molecular weight excluding hydrogens is 522 g/mol. The molecule has 9 rings (SSSR count). The van der Waals surface area contributed by atoms with Gasteiger partial charge in [-0.2, -0.15) is 0 Å². The van der Waals surface area contributed by atoms with Crippen molar-refractivity contribution in [2.75, 3.05) is 5.32 Å². The molecule has 0 amide bonds. The van der Waals surface area contributed by atoms with Gasteiger partial charge in [-0.05, 0) is 85.3 Å². The Hall–Kier alpha value is -5.34. The van der Waals surface area contributed by atoms with Crippen LogP contribution in [0.2, 0.25) is 0 Å². The number of benzene rings is 7. The van der Waals surface area contributed by atoms with Crippen molar-refractivity contribution in [1.82, 2.24) is 0 Å². The Morgan fingerprint density at radius 3 is 2.16 bits per heavy atom. The van der Waals surface area contributed by atoms with Crippen molar-refractivity contribution in [2.45, 2.75) is 19.1 Å². The summed E-state index contributed by atoms with van der Waals surface area (Å²) in [5.74, 6) is 0.933. The van der Waals surface area contributed by atoms with Gasteiger partial charge in [0.25, 0.3) is 0 Å². The van der Waals surface area contributed by atoms with Crippen molar-refractivity contribution in [3.8, 4) is 28.0 Å². The van der Waals surface area contributed by atoms with Crippen molar-refractivity contribution in [1.29, 1.82) is 0 Å². The SMILES string of the molecule is C1=Cc2c(c(-c3ccccc3)c3ccccc3c2-c2ccc3c(ccc4ccc5c(c43)OC(c3ccccc3)N5)c2)CC1. The lowest BCUT2D eigenvalue weighted by Crippen LogP contribution is -2.09. The molecule has 1 aliphatic carbocycles. The van der Waals surface area contributed by atoms with E-state index in [9.17, 15) is 0 Å². The first kappa shape index (κ1) is 24.3. The molecule has 1 unspecified atom stereocenters. The summed E-state index contributed by atoms with van der Waals surface area (Å²) in [7, 11) is 0. The third-order valence-corrected chi connectivity index (χ3v) is 9.14. The van der Waals surface area contributed by atoms with Crippen molar-refractivity contribution in [3.63, 3.8) is 0 Å². The number of fused-ring (bicyclic) bond motifs is 7. The van der Waals surface area contributed by atoms with Crippen LogP contribution in [0.15, 0.2) is 133 Å². The average Bonchev–Trinajstić information content (AvgIpc) is 3.52. The van der Waals surface area contributed by atoms with Crippen LogP contribution in [-0.4, -0.2) is 0 Å². The van der Waals surface area contributed by atoms with Crippen molar-refractivity contribution in [3.05, 3.63) is 150 Å². The third-order valence-electron chi connectivity index (χ3n) is 9.14. The molecule has 1 aliphatic heterocycles. The summed E-state index contributed by atoms with van der Waals surface area (Å²) in [6.45, 7) is 0. The Kier molecular flexibility index (Phi) is 5.42. The number of nitrogens with one attached hydrogen (secondary N) is 1. The van der Waals surface area contributed by atoms with Crippen LogP contribution in [0.4, 0.5) is 5.69 Å². The number of allylic oxidation sites excluding steroid dienone is 1. The van der Waals surface area contributed by atoms with Gasteiger partial charge in [-0.1, -0.05) is 127 Å². The van der Waals surface area contributed by atoms with E-state index in [2.05, 4.69) is 139 Å². The van der Waals surface area contributed by atoms with Crippen LogP contribution in [0.1, 0.15) is 29.3 Å². The topological polar surface area (TPSA) is 21.3 Å². The zero-order valence-corrected chi connectivity index (χ0v) is 23.7. The lowest BCUT2D eigenvalue weighted by Gasteiger charge is -2.24. The molecule has 0 radical (unpaired) electrons. The number of hydrogen-bond donors (Lipinski definition) is 1. The van der Waals surface area contributed by atoms with Crippen LogP contribution in [-0.2, 0) is 6.42 Å². The number of hydrogen-bond acceptors (Lipinski definition) is 2. The van der Waals surface area contributed by atoms with Gasteiger partial charge in [-0.15, -0.1) is 0 Å². The highest BCUT2D eigenvalue weighted by molar-refractivity contribution is 6.15. The minimum Gasteiger partial charge on any atom is -0.464 e. The normalized spacial score (nSPS) is 15.3. The van der Waals surface area contributed by atoms with Gasteiger partial charge in [0.15, 0.2) is 12.0 Å². The fourth-order valence-electron chi connectivity index (χ4n) is 7.21. The molecule has 204 valence electrons. The van der Waals surface area contributed by atoms with E-state index in [1.54, 1.807) is 0 Å². The van der Waals surface area contributed by atoms with Gasteiger partial charge in [0.1, 0.15) is 0 Å². The number of ether oxygens (including phenoxy) is 1. The van der Waals surface area contributed by atoms with E-state index in [0.29, 0.717) is 0 Å². The second kappa shape index (κ2) is 9.61. The van der Waals surface area contributed by atoms with E-state index in [4.69, 9.17) is 4.74 Å². The molecule has 1 heterocycles. The zero-order valence-electron chi connectivity index (χ0n) is 23.7. The second-order valence-corrected chi connectivity index (χ2v) is 11.6. The molecule has 0 fully saturated rings. The molecule has 7 aromatic carbocycles. The maximum absolute atomic E-state index is 6.60. The van der Waals surface area contributed by atoms with Crippen LogP contribution in [0, 0.1) is 0 Å². The third kappa shape index (κ3) is 3.80. The zero-order chi connectivity index (χ0) is 28.3. The molecule has 2 heteroatoms. The highest BCUT2D eigenvalue weighted by Gasteiger charge is 2.26. The van der Waals surface area contributed by atoms with Gasteiger partial charge in [0.05, 0.1) is 5.69 Å². The Morgan fingerprint density at radius 1 is 0.605 bits per heavy atom. The van der Waals surface area contributed by atoms with Gasteiger partial charge < -0.3 is 10.1 Å². The lowest BCUT2D eigenvalue weighted by molar-refractivity contribution is 0.263. The number of anilines is 1. The Labute approximate surface area is 250 Å². The van der Waals surface area contributed by atoms with E-state index < -0.39 is 0 Å². The Balaban J connectivity index is 1.25. The quantitative estimate of drug-likeness (QED) is 0.221. The molecule has 0 bridgehead atoms. The summed E-state index contributed by atoms with van der Waals surface area (Å²) in [6, 6.07) is 46.0. The molecule has 0 saturated carbocycles. The predicted octanol–water partition coefficient (Wildman–Crippen LogP) is 10.9. The van der Waals surface area contributed by atoms with E-state index in [1.807, 2.05) is 6.07 Å². The molecule has 2 nitrogen and oxygen atoms in total. The van der Waals surface area contributed by atoms with Gasteiger partial charge >= 0.3 is 0 Å². The summed E-state index contributed by atoms with van der Waals surface area (Å²) >= 11 is 0. The van der Waals surface area contributed by atoms with Crippen LogP contribution in [0.5, 0.6) is 5.75 Å². The summed E-state index contributed by atoms with van der Waals surface area (Å²) in [5.41, 5.74) is 10.2. The lowest BCUT2D eigenvalue weighted by atomic mass is 9.80. The Morgan fingerprint density at radius 2 is 1.33 bits per heavy atom. The molecule has 0 saturated heterocycles. The summed E-state index contributed by atoms with van der Waals surface area (Å²) in [4.78, 5) is 0. The van der Waals surface area contributed by atoms with Crippen molar-refractivity contribution >= 4 is 44.1 Å². The first-order valence-electron chi connectivity index (χ1n) is 15.1. The Bertz CT molecular complexity index is 2230. The van der Waals surface area contributed by atoms with Gasteiger partial charge in [-0.3, -0.25) is 0 Å². The molecule has 2 aliphatic rings. The maximum Gasteiger partial charge on any atom is 0.196 e. The van der Waals surface area contributed by atoms with Gasteiger partial charge in [0, 0.05) is 10.9 Å². The van der Waals surface area contributed by atoms with E-state index in [1.165, 1.54) is 65.7 Å². The molecule has 1 N–H and O–H groups in total. The average molecular weight is 552 g/mol.